The second-order valence-corrected chi connectivity index (χ2v) is 8.01. The van der Waals surface area contributed by atoms with Crippen molar-refractivity contribution in [2.75, 3.05) is 39.3 Å². The second kappa shape index (κ2) is 11.2. The number of hydrogen-bond acceptors (Lipinski definition) is 4. The molecule has 0 radical (unpaired) electrons. The maximum Gasteiger partial charge on any atom is 0.251 e. The first-order chi connectivity index (χ1) is 13.7. The van der Waals surface area contributed by atoms with Gasteiger partial charge in [0.2, 0.25) is 5.91 Å². The highest BCUT2D eigenvalue weighted by atomic mass is 16.2. The molecule has 6 heteroatoms. The molecule has 2 fully saturated rings. The molecule has 3 rings (SSSR count). The van der Waals surface area contributed by atoms with Crippen molar-refractivity contribution >= 4 is 11.8 Å². The van der Waals surface area contributed by atoms with E-state index in [-0.39, 0.29) is 11.8 Å². The molecular weight excluding hydrogens is 352 g/mol. The molecule has 2 saturated heterocycles. The number of piperidine rings is 1. The lowest BCUT2D eigenvalue weighted by atomic mass is 9.93. The third-order valence-electron chi connectivity index (χ3n) is 5.86. The molecule has 0 atom stereocenters. The molecule has 2 aliphatic rings. The van der Waals surface area contributed by atoms with E-state index in [2.05, 4.69) is 20.9 Å². The minimum atomic E-state index is -0.0308. The number of carbonyl (C=O) groups is 2. The van der Waals surface area contributed by atoms with E-state index in [4.69, 9.17) is 0 Å². The third kappa shape index (κ3) is 6.91. The number of rotatable bonds is 9. The molecule has 2 amide bonds. The highest BCUT2D eigenvalue weighted by Crippen LogP contribution is 2.17. The first-order valence-electron chi connectivity index (χ1n) is 10.8. The van der Waals surface area contributed by atoms with Crippen LogP contribution in [0.4, 0.5) is 0 Å². The highest BCUT2D eigenvalue weighted by molar-refractivity contribution is 5.94. The molecule has 0 aliphatic carbocycles. The summed E-state index contributed by atoms with van der Waals surface area (Å²) in [5, 5.41) is 9.33. The molecule has 1 aromatic rings. The fourth-order valence-electron chi connectivity index (χ4n) is 4.00. The molecule has 6 nitrogen and oxygen atoms in total. The van der Waals surface area contributed by atoms with Crippen LogP contribution in [0.5, 0.6) is 0 Å². The van der Waals surface area contributed by atoms with Gasteiger partial charge in [0.25, 0.3) is 5.91 Å². The van der Waals surface area contributed by atoms with Gasteiger partial charge in [-0.05, 0) is 81.9 Å². The summed E-state index contributed by atoms with van der Waals surface area (Å²) in [6.45, 7) is 6.57. The summed E-state index contributed by atoms with van der Waals surface area (Å²) >= 11 is 0. The zero-order chi connectivity index (χ0) is 19.6. The van der Waals surface area contributed by atoms with Gasteiger partial charge in [-0.25, -0.2) is 0 Å². The first-order valence-corrected chi connectivity index (χ1v) is 10.8. The fourth-order valence-corrected chi connectivity index (χ4v) is 4.00. The van der Waals surface area contributed by atoms with Gasteiger partial charge in [-0.15, -0.1) is 0 Å². The van der Waals surface area contributed by atoms with E-state index >= 15 is 0 Å². The van der Waals surface area contributed by atoms with Gasteiger partial charge in [0.1, 0.15) is 0 Å². The van der Waals surface area contributed by atoms with E-state index in [9.17, 15) is 9.59 Å². The summed E-state index contributed by atoms with van der Waals surface area (Å²) in [5.74, 6) is 0.759. The molecule has 3 N–H and O–H groups in total. The quantitative estimate of drug-likeness (QED) is 0.606. The summed E-state index contributed by atoms with van der Waals surface area (Å²) in [6.07, 6.45) is 6.46. The SMILES string of the molecule is O=C(CCC1CCNCC1)NCc1ccc(C(=O)NCCN2CCCC2)cc1. The lowest BCUT2D eigenvalue weighted by Gasteiger charge is -2.22. The molecule has 28 heavy (non-hydrogen) atoms. The number of benzene rings is 1. The number of likely N-dealkylation sites (tertiary alicyclic amines) is 1. The molecule has 0 unspecified atom stereocenters. The molecule has 0 spiro atoms. The Hall–Kier alpha value is -1.92. The predicted octanol–water partition coefficient (Wildman–Crippen LogP) is 1.91. The zero-order valence-electron chi connectivity index (χ0n) is 16.8. The van der Waals surface area contributed by atoms with E-state index in [0.29, 0.717) is 31.0 Å². The summed E-state index contributed by atoms with van der Waals surface area (Å²) in [5.41, 5.74) is 1.69. The number of hydrogen-bond donors (Lipinski definition) is 3. The van der Waals surface area contributed by atoms with Gasteiger partial charge in [0.05, 0.1) is 0 Å². The van der Waals surface area contributed by atoms with Gasteiger partial charge in [0.15, 0.2) is 0 Å². The average Bonchev–Trinajstić information content (AvgIpc) is 3.25. The van der Waals surface area contributed by atoms with Crippen LogP contribution in [0.1, 0.15) is 54.4 Å². The topological polar surface area (TPSA) is 73.5 Å². The van der Waals surface area contributed by atoms with Crippen LogP contribution in [0, 0.1) is 5.92 Å². The molecule has 2 aliphatic heterocycles. The number of nitrogens with one attached hydrogen (secondary N) is 3. The van der Waals surface area contributed by atoms with Gasteiger partial charge in [-0.3, -0.25) is 9.59 Å². The summed E-state index contributed by atoms with van der Waals surface area (Å²) in [7, 11) is 0. The predicted molar refractivity (Wildman–Crippen MR) is 111 cm³/mol. The minimum absolute atomic E-state index is 0.0308. The standard InChI is InChI=1S/C22H34N4O2/c27-21(8-5-18-9-11-23-12-10-18)25-17-19-3-6-20(7-4-19)22(28)24-13-16-26-14-1-2-15-26/h3-4,6-7,18,23H,1-2,5,8-17H2,(H,24,28)(H,25,27). The van der Waals surface area contributed by atoms with Crippen molar-refractivity contribution in [3.63, 3.8) is 0 Å². The first kappa shape index (κ1) is 20.8. The van der Waals surface area contributed by atoms with Crippen molar-refractivity contribution in [1.82, 2.24) is 20.9 Å². The van der Waals surface area contributed by atoms with Crippen molar-refractivity contribution in [2.45, 2.75) is 45.1 Å². The van der Waals surface area contributed by atoms with E-state index in [0.717, 1.165) is 44.7 Å². The molecule has 1 aromatic carbocycles. The Morgan fingerprint density at radius 1 is 1.04 bits per heavy atom. The van der Waals surface area contributed by atoms with Crippen LogP contribution in [0.15, 0.2) is 24.3 Å². The highest BCUT2D eigenvalue weighted by Gasteiger charge is 2.14. The van der Waals surface area contributed by atoms with Crippen LogP contribution in [0.2, 0.25) is 0 Å². The van der Waals surface area contributed by atoms with Gasteiger partial charge in [-0.1, -0.05) is 12.1 Å². The summed E-state index contributed by atoms with van der Waals surface area (Å²) < 4.78 is 0. The lowest BCUT2D eigenvalue weighted by Crippen LogP contribution is -2.33. The Balaban J connectivity index is 1.32. The smallest absolute Gasteiger partial charge is 0.251 e. The largest absolute Gasteiger partial charge is 0.352 e. The number of amides is 2. The Bertz CT molecular complexity index is 620. The van der Waals surface area contributed by atoms with Crippen LogP contribution in [-0.2, 0) is 11.3 Å². The Morgan fingerprint density at radius 2 is 1.75 bits per heavy atom. The van der Waals surface area contributed by atoms with Gasteiger partial charge < -0.3 is 20.9 Å². The molecule has 0 saturated carbocycles. The number of nitrogens with zero attached hydrogens (tertiary/aromatic N) is 1. The van der Waals surface area contributed by atoms with Crippen LogP contribution in [0.3, 0.4) is 0 Å². The van der Waals surface area contributed by atoms with Crippen LogP contribution >= 0.6 is 0 Å². The van der Waals surface area contributed by atoms with E-state index in [1.807, 2.05) is 24.3 Å². The van der Waals surface area contributed by atoms with Gasteiger partial charge in [-0.2, -0.15) is 0 Å². The Labute approximate surface area is 168 Å². The molecule has 2 heterocycles. The van der Waals surface area contributed by atoms with E-state index in [1.165, 1.54) is 25.7 Å². The molecule has 154 valence electrons. The monoisotopic (exact) mass is 386 g/mol. The second-order valence-electron chi connectivity index (χ2n) is 8.01. The summed E-state index contributed by atoms with van der Waals surface area (Å²) in [4.78, 5) is 26.7. The van der Waals surface area contributed by atoms with Crippen LogP contribution in [0.25, 0.3) is 0 Å². The van der Waals surface area contributed by atoms with E-state index < -0.39 is 0 Å². The van der Waals surface area contributed by atoms with Crippen molar-refractivity contribution in [3.05, 3.63) is 35.4 Å². The van der Waals surface area contributed by atoms with Crippen molar-refractivity contribution in [2.24, 2.45) is 5.92 Å². The van der Waals surface area contributed by atoms with Gasteiger partial charge >= 0.3 is 0 Å². The maximum atomic E-state index is 12.2. The van der Waals surface area contributed by atoms with Crippen molar-refractivity contribution < 1.29 is 9.59 Å². The minimum Gasteiger partial charge on any atom is -0.352 e. The summed E-state index contributed by atoms with van der Waals surface area (Å²) in [6, 6.07) is 7.51. The Morgan fingerprint density at radius 3 is 2.46 bits per heavy atom. The molecule has 0 bridgehead atoms. The van der Waals surface area contributed by atoms with Crippen LogP contribution in [-0.4, -0.2) is 56.0 Å². The Kier molecular flexibility index (Phi) is 8.30. The third-order valence-corrected chi connectivity index (χ3v) is 5.86. The lowest BCUT2D eigenvalue weighted by molar-refractivity contribution is -0.121. The molecule has 0 aromatic heterocycles. The fraction of sp³-hybridized carbons (Fsp3) is 0.636. The zero-order valence-corrected chi connectivity index (χ0v) is 16.8. The van der Waals surface area contributed by atoms with Crippen molar-refractivity contribution in [3.8, 4) is 0 Å². The van der Waals surface area contributed by atoms with Crippen molar-refractivity contribution in [1.29, 1.82) is 0 Å². The normalized spacial score (nSPS) is 18.1. The maximum absolute atomic E-state index is 12.2. The number of carbonyl (C=O) groups excluding carboxylic acids is 2. The van der Waals surface area contributed by atoms with Crippen LogP contribution < -0.4 is 16.0 Å². The van der Waals surface area contributed by atoms with Gasteiger partial charge in [0, 0.05) is 31.6 Å². The molecular formula is C22H34N4O2. The van der Waals surface area contributed by atoms with E-state index in [1.54, 1.807) is 0 Å². The average molecular weight is 387 g/mol.